The standard InChI is InChI=1S/C15H22BrNO2S/c1-10-8-12(20-14(10)16)13(17)11-2-5-19-15(9-11)3-6-18-7-4-15/h8,11,13H,2-7,9,17H2,1H3. The van der Waals surface area contributed by atoms with Gasteiger partial charge in [-0.15, -0.1) is 11.3 Å². The molecule has 1 aromatic rings. The van der Waals surface area contributed by atoms with Crippen molar-refractivity contribution in [2.75, 3.05) is 19.8 Å². The summed E-state index contributed by atoms with van der Waals surface area (Å²) in [5.74, 6) is 0.520. The zero-order valence-corrected chi connectivity index (χ0v) is 14.3. The molecule has 112 valence electrons. The first-order valence-corrected chi connectivity index (χ1v) is 8.94. The molecule has 0 aromatic carbocycles. The molecule has 2 N–H and O–H groups in total. The molecule has 0 aliphatic carbocycles. The van der Waals surface area contributed by atoms with Crippen LogP contribution in [-0.2, 0) is 9.47 Å². The van der Waals surface area contributed by atoms with E-state index in [1.165, 1.54) is 14.2 Å². The van der Waals surface area contributed by atoms with Gasteiger partial charge in [-0.05, 0) is 66.1 Å². The lowest BCUT2D eigenvalue weighted by molar-refractivity contribution is -0.149. The van der Waals surface area contributed by atoms with Gasteiger partial charge in [0.1, 0.15) is 0 Å². The van der Waals surface area contributed by atoms with E-state index in [1.807, 2.05) is 0 Å². The molecule has 1 aromatic heterocycles. The van der Waals surface area contributed by atoms with Gasteiger partial charge in [0.25, 0.3) is 0 Å². The normalized spacial score (nSPS) is 27.6. The third kappa shape index (κ3) is 2.97. The quantitative estimate of drug-likeness (QED) is 0.873. The fourth-order valence-electron chi connectivity index (χ4n) is 3.34. The van der Waals surface area contributed by atoms with Crippen LogP contribution in [0, 0.1) is 12.8 Å². The predicted molar refractivity (Wildman–Crippen MR) is 85.1 cm³/mol. The van der Waals surface area contributed by atoms with Crippen LogP contribution in [-0.4, -0.2) is 25.4 Å². The lowest BCUT2D eigenvalue weighted by Crippen LogP contribution is -2.46. The number of nitrogens with two attached hydrogens (primary N) is 1. The molecule has 5 heteroatoms. The van der Waals surface area contributed by atoms with Gasteiger partial charge in [0.05, 0.1) is 9.39 Å². The van der Waals surface area contributed by atoms with E-state index in [1.54, 1.807) is 11.3 Å². The molecule has 2 unspecified atom stereocenters. The molecule has 2 aliphatic rings. The molecule has 2 atom stereocenters. The van der Waals surface area contributed by atoms with Crippen molar-refractivity contribution in [1.29, 1.82) is 0 Å². The minimum absolute atomic E-state index is 0.0301. The third-order valence-electron chi connectivity index (χ3n) is 4.65. The molecule has 2 fully saturated rings. The number of halogens is 1. The molecule has 20 heavy (non-hydrogen) atoms. The minimum atomic E-state index is 0.0301. The van der Waals surface area contributed by atoms with Crippen LogP contribution in [0.3, 0.4) is 0 Å². The van der Waals surface area contributed by atoms with Crippen LogP contribution in [0.4, 0.5) is 0 Å². The summed E-state index contributed by atoms with van der Waals surface area (Å²) in [6.45, 7) is 4.61. The average Bonchev–Trinajstić information content (AvgIpc) is 2.79. The highest BCUT2D eigenvalue weighted by molar-refractivity contribution is 9.11. The Balaban J connectivity index is 1.72. The summed E-state index contributed by atoms with van der Waals surface area (Å²) in [5.41, 5.74) is 7.86. The second-order valence-corrected chi connectivity index (χ2v) is 8.43. The second-order valence-electron chi connectivity index (χ2n) is 6.03. The lowest BCUT2D eigenvalue weighted by atomic mass is 9.77. The molecule has 0 bridgehead atoms. The Bertz CT molecular complexity index is 445. The molecule has 0 saturated carbocycles. The maximum absolute atomic E-state index is 6.54. The van der Waals surface area contributed by atoms with E-state index in [-0.39, 0.29) is 11.6 Å². The molecule has 2 aliphatic heterocycles. The van der Waals surface area contributed by atoms with Gasteiger partial charge < -0.3 is 15.2 Å². The highest BCUT2D eigenvalue weighted by Crippen LogP contribution is 2.43. The summed E-state index contributed by atoms with van der Waals surface area (Å²) in [7, 11) is 0. The van der Waals surface area contributed by atoms with Crippen molar-refractivity contribution in [3.8, 4) is 0 Å². The summed E-state index contributed by atoms with van der Waals surface area (Å²) in [6.07, 6.45) is 4.18. The van der Waals surface area contributed by atoms with Gasteiger partial charge in [0.2, 0.25) is 0 Å². The Labute approximate surface area is 133 Å². The molecular formula is C15H22BrNO2S. The summed E-state index contributed by atoms with van der Waals surface area (Å²) < 4.78 is 12.8. The van der Waals surface area contributed by atoms with E-state index in [0.717, 1.165) is 45.5 Å². The van der Waals surface area contributed by atoms with E-state index >= 15 is 0 Å². The zero-order chi connectivity index (χ0) is 14.2. The fourth-order valence-corrected chi connectivity index (χ4v) is 5.01. The van der Waals surface area contributed by atoms with E-state index < -0.39 is 0 Å². The first-order chi connectivity index (χ1) is 9.60. The van der Waals surface area contributed by atoms with Crippen molar-refractivity contribution in [1.82, 2.24) is 0 Å². The van der Waals surface area contributed by atoms with Gasteiger partial charge in [-0.3, -0.25) is 0 Å². The molecular weight excluding hydrogens is 338 g/mol. The van der Waals surface area contributed by atoms with E-state index in [4.69, 9.17) is 15.2 Å². The molecule has 3 heterocycles. The maximum Gasteiger partial charge on any atom is 0.0731 e. The van der Waals surface area contributed by atoms with Crippen molar-refractivity contribution in [2.45, 2.75) is 44.2 Å². The van der Waals surface area contributed by atoms with Crippen LogP contribution in [0.5, 0.6) is 0 Å². The Kier molecular flexibility index (Phi) is 4.53. The Morgan fingerprint density at radius 3 is 2.80 bits per heavy atom. The van der Waals surface area contributed by atoms with Gasteiger partial charge in [-0.1, -0.05) is 0 Å². The van der Waals surface area contributed by atoms with Crippen LogP contribution < -0.4 is 5.73 Å². The molecule has 3 nitrogen and oxygen atoms in total. The number of hydrogen-bond donors (Lipinski definition) is 1. The van der Waals surface area contributed by atoms with Crippen LogP contribution in [0.15, 0.2) is 9.85 Å². The third-order valence-corrected chi connectivity index (χ3v) is 6.89. The summed E-state index contributed by atoms with van der Waals surface area (Å²) >= 11 is 5.38. The van der Waals surface area contributed by atoms with E-state index in [9.17, 15) is 0 Å². The number of ether oxygens (including phenoxy) is 2. The maximum atomic E-state index is 6.54. The van der Waals surface area contributed by atoms with Crippen LogP contribution in [0.25, 0.3) is 0 Å². The topological polar surface area (TPSA) is 44.5 Å². The Hall–Kier alpha value is 0.0600. The van der Waals surface area contributed by atoms with Gasteiger partial charge in [0.15, 0.2) is 0 Å². The largest absolute Gasteiger partial charge is 0.381 e. The highest BCUT2D eigenvalue weighted by Gasteiger charge is 2.41. The van der Waals surface area contributed by atoms with Crippen molar-refractivity contribution < 1.29 is 9.47 Å². The van der Waals surface area contributed by atoms with Crippen molar-refractivity contribution in [3.05, 3.63) is 20.3 Å². The average molecular weight is 360 g/mol. The zero-order valence-electron chi connectivity index (χ0n) is 11.9. The number of thiophene rings is 1. The number of aryl methyl sites for hydroxylation is 1. The predicted octanol–water partition coefficient (Wildman–Crippen LogP) is 3.79. The minimum Gasteiger partial charge on any atom is -0.381 e. The van der Waals surface area contributed by atoms with Gasteiger partial charge in [-0.25, -0.2) is 0 Å². The summed E-state index contributed by atoms with van der Waals surface area (Å²) in [4.78, 5) is 1.29. The Morgan fingerprint density at radius 2 is 2.15 bits per heavy atom. The SMILES string of the molecule is Cc1cc(C(N)C2CCOC3(CCOCC3)C2)sc1Br. The smallest absolute Gasteiger partial charge is 0.0731 e. The molecule has 0 amide bonds. The number of rotatable bonds is 2. The van der Waals surface area contributed by atoms with Crippen molar-refractivity contribution in [3.63, 3.8) is 0 Å². The van der Waals surface area contributed by atoms with Gasteiger partial charge >= 0.3 is 0 Å². The summed E-state index contributed by atoms with van der Waals surface area (Å²) in [5, 5.41) is 0. The van der Waals surface area contributed by atoms with Gasteiger partial charge in [0, 0.05) is 30.7 Å². The summed E-state index contributed by atoms with van der Waals surface area (Å²) in [6, 6.07) is 2.36. The molecule has 1 spiro atoms. The monoisotopic (exact) mass is 359 g/mol. The molecule has 0 radical (unpaired) electrons. The lowest BCUT2D eigenvalue weighted by Gasteiger charge is -2.44. The molecule has 3 rings (SSSR count). The first kappa shape index (κ1) is 15.0. The second kappa shape index (κ2) is 6.05. The van der Waals surface area contributed by atoms with Crippen molar-refractivity contribution in [2.24, 2.45) is 11.7 Å². The van der Waals surface area contributed by atoms with E-state index in [0.29, 0.717) is 5.92 Å². The van der Waals surface area contributed by atoms with Crippen LogP contribution in [0.2, 0.25) is 0 Å². The van der Waals surface area contributed by atoms with Crippen molar-refractivity contribution >= 4 is 27.3 Å². The highest BCUT2D eigenvalue weighted by atomic mass is 79.9. The van der Waals surface area contributed by atoms with Crippen LogP contribution >= 0.6 is 27.3 Å². The number of hydrogen-bond acceptors (Lipinski definition) is 4. The first-order valence-electron chi connectivity index (χ1n) is 7.33. The van der Waals surface area contributed by atoms with Crippen LogP contribution in [0.1, 0.15) is 42.2 Å². The van der Waals surface area contributed by atoms with E-state index in [2.05, 4.69) is 28.9 Å². The molecule has 2 saturated heterocycles. The Morgan fingerprint density at radius 1 is 1.40 bits per heavy atom. The van der Waals surface area contributed by atoms with Gasteiger partial charge in [-0.2, -0.15) is 0 Å². The fraction of sp³-hybridized carbons (Fsp3) is 0.733.